The second kappa shape index (κ2) is 26.6. The van der Waals surface area contributed by atoms with Crippen molar-refractivity contribution in [2.75, 3.05) is 110 Å². The number of rotatable bonds is 34. The minimum atomic E-state index is -1.50. The maximum atomic E-state index is 13.1. The van der Waals surface area contributed by atoms with E-state index in [4.69, 9.17) is 20.1 Å². The van der Waals surface area contributed by atoms with Gasteiger partial charge in [-0.2, -0.15) is 9.97 Å². The van der Waals surface area contributed by atoms with Crippen LogP contribution in [0.5, 0.6) is 0 Å². The second-order valence-electron chi connectivity index (χ2n) is 22.7. The van der Waals surface area contributed by atoms with Crippen LogP contribution in [0.15, 0.2) is 24.3 Å². The molecular formula is C53H80N12O16+4. The van der Waals surface area contributed by atoms with E-state index in [2.05, 4.69) is 26.2 Å². The number of benzene rings is 1. The average molecular weight is 1140 g/mol. The number of piperazine rings is 1. The molecule has 5 aliphatic rings. The second-order valence-corrected chi connectivity index (χ2v) is 22.7. The topological polar surface area (TPSA) is 385 Å². The van der Waals surface area contributed by atoms with Gasteiger partial charge >= 0.3 is 53.7 Å². The number of carbonyl (C=O) groups is 9. The molecule has 28 nitrogen and oxygen atoms in total. The van der Waals surface area contributed by atoms with Crippen LogP contribution in [0.1, 0.15) is 99.8 Å². The van der Waals surface area contributed by atoms with Crippen LogP contribution in [0.4, 0.5) is 10.7 Å². The van der Waals surface area contributed by atoms with Crippen molar-refractivity contribution in [3.63, 3.8) is 0 Å². The molecule has 3 amide bonds. The van der Waals surface area contributed by atoms with Crippen LogP contribution in [-0.2, 0) is 57.6 Å². The molecule has 4 unspecified atom stereocenters. The highest BCUT2D eigenvalue weighted by Crippen LogP contribution is 2.64. The minimum absolute atomic E-state index is 0.0280. The molecule has 8 atom stereocenters. The maximum Gasteiger partial charge on any atom is 0.483 e. The predicted octanol–water partition coefficient (Wildman–Crippen LogP) is -0.316. The number of nitrogens with one attached hydrogen (secondary N) is 4. The first kappa shape index (κ1) is 61.5. The van der Waals surface area contributed by atoms with Crippen LogP contribution >= 0.6 is 0 Å². The van der Waals surface area contributed by atoms with Gasteiger partial charge in [0.25, 0.3) is 0 Å². The lowest BCUT2D eigenvalue weighted by atomic mass is 10.0. The van der Waals surface area contributed by atoms with Gasteiger partial charge in [-0.25, -0.2) is 38.5 Å². The third-order valence-corrected chi connectivity index (χ3v) is 17.5. The van der Waals surface area contributed by atoms with Crippen molar-refractivity contribution >= 4 is 59.7 Å². The Morgan fingerprint density at radius 1 is 0.580 bits per heavy atom. The first-order chi connectivity index (χ1) is 38.6. The Balaban J connectivity index is 0.901. The van der Waals surface area contributed by atoms with E-state index in [1.165, 1.54) is 0 Å². The van der Waals surface area contributed by atoms with E-state index in [-0.39, 0.29) is 75.9 Å². The summed E-state index contributed by atoms with van der Waals surface area (Å²) in [6.45, 7) is 3.99. The molecule has 1 spiro atoms. The first-order valence-electron chi connectivity index (χ1n) is 28.2. The van der Waals surface area contributed by atoms with Crippen molar-refractivity contribution in [3.05, 3.63) is 47.0 Å². The molecule has 2 aromatic rings. The number of anilines is 1. The summed E-state index contributed by atoms with van der Waals surface area (Å²) < 4.78 is -0.259. The zero-order valence-corrected chi connectivity index (χ0v) is 45.8. The lowest BCUT2D eigenvalue weighted by Gasteiger charge is -2.50. The number of carboxylic acids is 7. The van der Waals surface area contributed by atoms with E-state index in [1.54, 1.807) is 0 Å². The molecule has 0 aliphatic carbocycles. The van der Waals surface area contributed by atoms with Crippen molar-refractivity contribution in [2.24, 2.45) is 0 Å². The van der Waals surface area contributed by atoms with E-state index in [0.29, 0.717) is 102 Å². The fraction of sp³-hybridized carbons (Fsp3) is 0.660. The molecule has 81 heavy (non-hydrogen) atoms. The molecule has 5 saturated heterocycles. The Morgan fingerprint density at radius 3 is 1.70 bits per heavy atom. The molecule has 5 fully saturated rings. The number of quaternary nitrogens is 4. The summed E-state index contributed by atoms with van der Waals surface area (Å²) in [7, 11) is 0. The SMILES string of the molecule is O=C(O)CC[C@H](NC(=O)N[C@@H](CCCCNC(=O)CCCCCCCCc1nc(Cc2ccc(CC3C[N@@+]4(CC(=O)O)CC[N+]5(CC(=O)O)CC[N+]6(CC(=O)O)CC[N+]3(CC(=O)O)[C@@]654)cc2)nc(N2CCNCC2)n1)C(=O)O)C(=O)O. The number of amides is 3. The Hall–Kier alpha value is -7.14. The van der Waals surface area contributed by atoms with Gasteiger partial charge in [0.2, 0.25) is 11.9 Å². The number of hydrogen-bond donors (Lipinski definition) is 11. The number of unbranched alkanes of at least 4 members (excludes halogenated alkanes) is 6. The predicted molar refractivity (Wildman–Crippen MR) is 284 cm³/mol. The maximum absolute atomic E-state index is 13.1. The first-order valence-corrected chi connectivity index (χ1v) is 28.2. The van der Waals surface area contributed by atoms with Crippen LogP contribution in [0.3, 0.4) is 0 Å². The lowest BCUT2D eigenvalue weighted by Crippen LogP contribution is -2.86. The summed E-state index contributed by atoms with van der Waals surface area (Å²) in [4.78, 5) is 127. The van der Waals surface area contributed by atoms with Crippen LogP contribution in [-0.4, -0.2) is 251 Å². The van der Waals surface area contributed by atoms with Gasteiger partial charge in [0.05, 0.1) is 0 Å². The van der Waals surface area contributed by atoms with Crippen LogP contribution < -0.4 is 26.2 Å². The monoisotopic (exact) mass is 1140 g/mol. The van der Waals surface area contributed by atoms with Gasteiger partial charge in [0.15, 0.2) is 32.2 Å². The molecule has 1 aromatic heterocycles. The van der Waals surface area contributed by atoms with Gasteiger partial charge in [-0.15, -0.1) is 17.9 Å². The van der Waals surface area contributed by atoms with Crippen molar-refractivity contribution in [1.29, 1.82) is 0 Å². The van der Waals surface area contributed by atoms with E-state index in [0.717, 1.165) is 69.4 Å². The Kier molecular flexibility index (Phi) is 20.2. The molecule has 28 heteroatoms. The number of hydrogen-bond acceptors (Lipinski definition) is 14. The fourth-order valence-corrected chi connectivity index (χ4v) is 14.5. The van der Waals surface area contributed by atoms with Gasteiger partial charge in [0, 0.05) is 64.8 Å². The highest BCUT2D eigenvalue weighted by molar-refractivity contribution is 5.86. The minimum Gasteiger partial charge on any atom is -0.481 e. The number of nitrogens with zero attached hydrogens (tertiary/aromatic N) is 8. The molecule has 11 N–H and O–H groups in total. The molecule has 0 saturated carbocycles. The number of aryl methyl sites for hydroxylation is 1. The summed E-state index contributed by atoms with van der Waals surface area (Å²) in [5, 5.41) is 80.0. The van der Waals surface area contributed by atoms with Crippen LogP contribution in [0, 0.1) is 0 Å². The zero-order chi connectivity index (χ0) is 58.6. The van der Waals surface area contributed by atoms with Crippen molar-refractivity contribution in [2.45, 2.75) is 120 Å². The molecule has 6 heterocycles. The highest BCUT2D eigenvalue weighted by Gasteiger charge is 3.01. The van der Waals surface area contributed by atoms with E-state index in [1.807, 2.05) is 24.3 Å². The van der Waals surface area contributed by atoms with E-state index >= 15 is 0 Å². The van der Waals surface area contributed by atoms with Crippen LogP contribution in [0.25, 0.3) is 0 Å². The Labute approximate surface area is 468 Å². The number of carboxylic acid groups (broad SMARTS) is 7. The quantitative estimate of drug-likeness (QED) is 0.0316. The zero-order valence-electron chi connectivity index (χ0n) is 45.8. The molecule has 0 radical (unpaired) electrons. The van der Waals surface area contributed by atoms with Gasteiger partial charge < -0.3 is 61.9 Å². The van der Waals surface area contributed by atoms with Crippen molar-refractivity contribution < 1.29 is 96.8 Å². The Morgan fingerprint density at radius 2 is 1.11 bits per heavy atom. The van der Waals surface area contributed by atoms with Gasteiger partial charge in [0.1, 0.15) is 69.5 Å². The third kappa shape index (κ3) is 13.8. The average Bonchev–Trinajstić information content (AvgIpc) is 2.40. The van der Waals surface area contributed by atoms with Crippen molar-refractivity contribution in [1.82, 2.24) is 36.2 Å². The normalized spacial score (nSPS) is 26.0. The molecule has 7 rings (SSSR count). The van der Waals surface area contributed by atoms with Gasteiger partial charge in [-0.1, -0.05) is 49.9 Å². The molecule has 1 aromatic carbocycles. The summed E-state index contributed by atoms with van der Waals surface area (Å²) in [5.74, 6) is -7.92. The van der Waals surface area contributed by atoms with Crippen molar-refractivity contribution in [3.8, 4) is 0 Å². The van der Waals surface area contributed by atoms with Crippen LogP contribution in [0.2, 0.25) is 0 Å². The number of aliphatic carboxylic acids is 7. The number of urea groups is 1. The third-order valence-electron chi connectivity index (χ3n) is 17.5. The van der Waals surface area contributed by atoms with Gasteiger partial charge in [-0.3, -0.25) is 9.59 Å². The van der Waals surface area contributed by atoms with E-state index in [9.17, 15) is 73.8 Å². The standard InChI is InChI=1S/C53H76N12O16/c66-43(55-18-8-7-9-39(49(77)78)56-52(81)57-40(50(79)80)16-17-44(67)68)11-6-4-2-1-3-5-10-41-58-42(60-51(59-41)61-21-19-54-20-22-61)30-37-14-12-36(13-15-37)29-38-31-64(34-47(73)74)26-25-62(32-45(69)70)23-24-63(33-46(71)72)27-28-65(38,35-48(75)76)53(62,63)64/h12-15,38-40,54H,1-11,16-35H2,(H6-4,55,56,57,66,67,68,69,70,71,72,73,74,75,76,77,78,79,80,81)/p+4/t38?,39-,40-,53+,62?,63?,64+,65?/m0/s1. The van der Waals surface area contributed by atoms with E-state index < -0.39 is 78.3 Å². The largest absolute Gasteiger partial charge is 0.483 e. The molecule has 444 valence electrons. The highest BCUT2D eigenvalue weighted by atomic mass is 16.4. The summed E-state index contributed by atoms with van der Waals surface area (Å²) in [6, 6.07) is 3.65. The summed E-state index contributed by atoms with van der Waals surface area (Å²) in [5.41, 5.74) is 1.83. The van der Waals surface area contributed by atoms with Gasteiger partial charge in [-0.05, 0) is 49.7 Å². The smallest absolute Gasteiger partial charge is 0.481 e. The lowest BCUT2D eigenvalue weighted by molar-refractivity contribution is -1.36. The summed E-state index contributed by atoms with van der Waals surface area (Å²) >= 11 is 0. The molecule has 5 aliphatic heterocycles. The summed E-state index contributed by atoms with van der Waals surface area (Å²) in [6.07, 6.45) is 6.95. The number of carbonyl (C=O) groups excluding carboxylic acids is 2. The fourth-order valence-electron chi connectivity index (χ4n) is 14.5. The molecular weight excluding hydrogens is 1060 g/mol. The number of aromatic nitrogens is 3. The molecule has 0 bridgehead atoms. The Bertz CT molecular complexity index is 2630.